The number of ether oxygens (including phenoxy) is 7. The predicted octanol–water partition coefficient (Wildman–Crippen LogP) is 10.3. The number of carbonyl (C=O) groups excluding carboxylic acids is 5. The first-order valence-corrected chi connectivity index (χ1v) is 30.9. The maximum Gasteiger partial charge on any atom is 0.260 e. The molecule has 0 bridgehead atoms. The molecule has 0 aromatic heterocycles. The number of fused-ring (bicyclic) bond motifs is 5. The predicted molar refractivity (Wildman–Crippen MR) is 325 cm³/mol. The number of aliphatic hydroxyl groups excluding tert-OH is 1. The summed E-state index contributed by atoms with van der Waals surface area (Å²) in [6.45, 7) is 12.4. The molecule has 2 unspecified atom stereocenters. The van der Waals surface area contributed by atoms with Crippen molar-refractivity contribution >= 4 is 29.5 Å². The molecule has 5 fully saturated rings. The van der Waals surface area contributed by atoms with Crippen LogP contribution >= 0.6 is 0 Å². The highest BCUT2D eigenvalue weighted by molar-refractivity contribution is 5.99. The highest BCUT2D eigenvalue weighted by Gasteiger charge is 2.38. The number of amides is 5. The number of benzene rings is 5. The van der Waals surface area contributed by atoms with Crippen molar-refractivity contribution in [1.29, 1.82) is 0 Å². The van der Waals surface area contributed by atoms with Crippen molar-refractivity contribution in [3.63, 3.8) is 0 Å². The number of likely N-dealkylation sites (tertiary alicyclic amines) is 3. The van der Waals surface area contributed by atoms with Crippen molar-refractivity contribution in [2.75, 3.05) is 86.4 Å². The molecule has 5 saturated heterocycles. The van der Waals surface area contributed by atoms with E-state index in [4.69, 9.17) is 38.3 Å². The zero-order valence-corrected chi connectivity index (χ0v) is 50.4. The Morgan fingerprint density at radius 3 is 1.42 bits per heavy atom. The molecule has 18 nitrogen and oxygen atoms in total. The third-order valence-corrected chi connectivity index (χ3v) is 16.4. The molecular formula is C68H85N5O13. The molecule has 2 atom stereocenters. The summed E-state index contributed by atoms with van der Waals surface area (Å²) in [4.78, 5) is 70.5. The van der Waals surface area contributed by atoms with E-state index in [0.29, 0.717) is 73.6 Å². The lowest BCUT2D eigenvalue weighted by Gasteiger charge is -2.31. The SMILES string of the molecule is CCOCc1ccc(C(=O)N2CCCCC2)cc1.COCc1ccc2c(c1)C(=O)N1CCCC1O2.COCc1ccc2c(c1)OC1CCCN1C2=O.O=C(c1ccc(CO)cc1)N1CCCCC1.O=C(c1ccc2c(c1)OCCO2)N1CCCCC1. The van der Waals surface area contributed by atoms with E-state index in [1.807, 2.05) is 104 Å². The standard InChI is InChI=1S/C15H21NO2.C14H17NO3.2C13H15NO3.C13H17NO2/c1-2-18-12-13-6-8-14(9-7-13)15(17)16-10-4-3-5-11-16;16-14(15-6-2-1-3-7-15)11-4-5-12-13(10-11)18-9-8-17-12;1-16-8-9-4-5-11-10(7-9)13(15)14-6-2-3-12(14)17-11;1-16-8-9-4-5-10-11(7-9)17-12-3-2-6-14(12)13(10)15;15-10-11-4-6-12(7-5-11)13(16)14-8-2-1-3-9-14/h6-9H,2-5,10-12H2,1H3;4-5,10H,1-3,6-9H2;2*4-5,7,12H,2-3,6,8H2,1H3;4-7,15H,1-3,8-10H2. The first-order chi connectivity index (χ1) is 42.0. The lowest BCUT2D eigenvalue weighted by Crippen LogP contribution is -2.43. The summed E-state index contributed by atoms with van der Waals surface area (Å²) in [7, 11) is 3.30. The average Bonchev–Trinajstić information content (AvgIpc) is 2.40. The van der Waals surface area contributed by atoms with E-state index < -0.39 is 0 Å². The quantitative estimate of drug-likeness (QED) is 0.132. The van der Waals surface area contributed by atoms with Gasteiger partial charge >= 0.3 is 0 Å². The van der Waals surface area contributed by atoms with Gasteiger partial charge in [-0.3, -0.25) is 24.0 Å². The molecule has 8 aliphatic heterocycles. The first-order valence-electron chi connectivity index (χ1n) is 30.9. The number of hydrogen-bond donors (Lipinski definition) is 1. The normalized spacial score (nSPS) is 18.9. The third-order valence-electron chi connectivity index (χ3n) is 16.4. The number of rotatable bonds is 11. The number of methoxy groups -OCH3 is 2. The Morgan fingerprint density at radius 1 is 0.453 bits per heavy atom. The van der Waals surface area contributed by atoms with Gasteiger partial charge in [0.2, 0.25) is 0 Å². The lowest BCUT2D eigenvalue weighted by atomic mass is 10.1. The van der Waals surface area contributed by atoms with Gasteiger partial charge in [0.1, 0.15) is 24.7 Å². The number of hydrogen-bond acceptors (Lipinski definition) is 13. The molecular weight excluding hydrogens is 1090 g/mol. The first kappa shape index (κ1) is 63.0. The zero-order chi connectivity index (χ0) is 60.2. The van der Waals surface area contributed by atoms with Gasteiger partial charge in [-0.15, -0.1) is 0 Å². The largest absolute Gasteiger partial charge is 0.486 e. The minimum absolute atomic E-state index is 0.0260. The zero-order valence-electron chi connectivity index (χ0n) is 50.4. The molecule has 0 spiro atoms. The minimum atomic E-state index is -0.0622. The van der Waals surface area contributed by atoms with Crippen LogP contribution in [-0.4, -0.2) is 158 Å². The van der Waals surface area contributed by atoms with E-state index in [0.717, 1.165) is 156 Å². The van der Waals surface area contributed by atoms with Crippen LogP contribution in [0.3, 0.4) is 0 Å². The van der Waals surface area contributed by atoms with E-state index >= 15 is 0 Å². The molecule has 0 radical (unpaired) electrons. The molecule has 0 aliphatic carbocycles. The van der Waals surface area contributed by atoms with Gasteiger partial charge in [-0.2, -0.15) is 0 Å². The molecule has 5 aromatic rings. The summed E-state index contributed by atoms with van der Waals surface area (Å²) in [6, 6.07) is 31.8. The number of carbonyl (C=O) groups is 5. The molecule has 86 heavy (non-hydrogen) atoms. The fourth-order valence-electron chi connectivity index (χ4n) is 11.7. The second kappa shape index (κ2) is 31.8. The van der Waals surface area contributed by atoms with Crippen molar-refractivity contribution in [2.45, 2.75) is 129 Å². The van der Waals surface area contributed by atoms with E-state index in [1.54, 1.807) is 44.6 Å². The Bertz CT molecular complexity index is 3050. The van der Waals surface area contributed by atoms with Crippen molar-refractivity contribution in [2.24, 2.45) is 0 Å². The molecule has 5 aromatic carbocycles. The van der Waals surface area contributed by atoms with Gasteiger partial charge < -0.3 is 62.8 Å². The van der Waals surface area contributed by atoms with Crippen LogP contribution in [0.5, 0.6) is 23.0 Å². The monoisotopic (exact) mass is 1180 g/mol. The molecule has 8 aliphatic rings. The van der Waals surface area contributed by atoms with Gasteiger partial charge in [0.05, 0.1) is 37.6 Å². The number of piperidine rings is 3. The van der Waals surface area contributed by atoms with Crippen LogP contribution in [-0.2, 0) is 40.6 Å². The van der Waals surface area contributed by atoms with Crippen LogP contribution in [0.25, 0.3) is 0 Å². The van der Waals surface area contributed by atoms with Crippen LogP contribution < -0.4 is 18.9 Å². The van der Waals surface area contributed by atoms with Crippen LogP contribution in [0.2, 0.25) is 0 Å². The second-order valence-corrected chi connectivity index (χ2v) is 22.6. The highest BCUT2D eigenvalue weighted by Crippen LogP contribution is 2.36. The Labute approximate surface area is 506 Å². The topological polar surface area (TPSA) is 186 Å². The van der Waals surface area contributed by atoms with E-state index in [-0.39, 0.29) is 48.6 Å². The van der Waals surface area contributed by atoms with Crippen LogP contribution in [0, 0.1) is 0 Å². The van der Waals surface area contributed by atoms with Gasteiger partial charge in [-0.05, 0) is 167 Å². The summed E-state index contributed by atoms with van der Waals surface area (Å²) in [5.41, 5.74) is 7.53. The van der Waals surface area contributed by atoms with Gasteiger partial charge in [0, 0.05) is 103 Å². The molecule has 0 saturated carbocycles. The van der Waals surface area contributed by atoms with Crippen molar-refractivity contribution in [3.05, 3.63) is 153 Å². The van der Waals surface area contributed by atoms with Gasteiger partial charge in [-0.1, -0.05) is 36.4 Å². The Morgan fingerprint density at radius 2 is 0.895 bits per heavy atom. The van der Waals surface area contributed by atoms with Crippen molar-refractivity contribution in [3.8, 4) is 23.0 Å². The second-order valence-electron chi connectivity index (χ2n) is 22.6. The molecule has 460 valence electrons. The van der Waals surface area contributed by atoms with E-state index in [2.05, 4.69) is 0 Å². The number of aliphatic hydroxyl groups is 1. The summed E-state index contributed by atoms with van der Waals surface area (Å²) in [6.07, 6.45) is 14.2. The Hall–Kier alpha value is -7.51. The fourth-order valence-corrected chi connectivity index (χ4v) is 11.7. The minimum Gasteiger partial charge on any atom is -0.486 e. The van der Waals surface area contributed by atoms with Crippen LogP contribution in [0.1, 0.15) is 164 Å². The number of nitrogens with zero attached hydrogens (tertiary/aromatic N) is 5. The van der Waals surface area contributed by atoms with Gasteiger partial charge in [0.25, 0.3) is 29.5 Å². The molecule has 8 heterocycles. The highest BCUT2D eigenvalue weighted by atomic mass is 16.6. The van der Waals surface area contributed by atoms with Crippen LogP contribution in [0.15, 0.2) is 103 Å². The smallest absolute Gasteiger partial charge is 0.260 e. The van der Waals surface area contributed by atoms with Gasteiger partial charge in [0.15, 0.2) is 24.0 Å². The third kappa shape index (κ3) is 16.5. The summed E-state index contributed by atoms with van der Waals surface area (Å²) >= 11 is 0. The fraction of sp³-hybridized carbons (Fsp3) is 0.485. The van der Waals surface area contributed by atoms with Gasteiger partial charge in [-0.25, -0.2) is 0 Å². The van der Waals surface area contributed by atoms with Crippen LogP contribution in [0.4, 0.5) is 0 Å². The summed E-state index contributed by atoms with van der Waals surface area (Å²) in [5.74, 6) is 3.39. The lowest BCUT2D eigenvalue weighted by molar-refractivity contribution is 0.0285. The summed E-state index contributed by atoms with van der Waals surface area (Å²) in [5, 5.41) is 8.92. The molecule has 18 heteroatoms. The molecule has 13 rings (SSSR count). The Balaban J connectivity index is 0.000000129. The van der Waals surface area contributed by atoms with E-state index in [9.17, 15) is 24.0 Å². The maximum atomic E-state index is 12.3. The molecule has 1 N–H and O–H groups in total. The summed E-state index contributed by atoms with van der Waals surface area (Å²) < 4.78 is 38.1. The average molecular weight is 1180 g/mol. The molecule has 5 amide bonds. The maximum absolute atomic E-state index is 12.3. The Kier molecular flexibility index (Phi) is 23.3. The van der Waals surface area contributed by atoms with Crippen molar-refractivity contribution < 1.29 is 62.2 Å². The van der Waals surface area contributed by atoms with Crippen molar-refractivity contribution in [1.82, 2.24) is 24.5 Å². The van der Waals surface area contributed by atoms with E-state index in [1.165, 1.54) is 19.3 Å².